The zero-order valence-corrected chi connectivity index (χ0v) is 34.2. The molecule has 0 spiro atoms. The number of para-hydroxylation sites is 3. The lowest BCUT2D eigenvalue weighted by Gasteiger charge is -2.46. The first-order valence-corrected chi connectivity index (χ1v) is 21.0. The van der Waals surface area contributed by atoms with Gasteiger partial charge in [0.1, 0.15) is 11.2 Å². The summed E-state index contributed by atoms with van der Waals surface area (Å²) in [5.74, 6) is 0. The van der Waals surface area contributed by atoms with Crippen molar-refractivity contribution in [3.8, 4) is 11.1 Å². The molecule has 7 aromatic rings. The molecule has 3 nitrogen and oxygen atoms in total. The molecule has 1 N–H and O–H groups in total. The quantitative estimate of drug-likeness (QED) is 0.131. The molecule has 3 heterocycles. The number of furan rings is 1. The summed E-state index contributed by atoms with van der Waals surface area (Å²) in [6.07, 6.45) is 7.05. The van der Waals surface area contributed by atoms with E-state index in [0.717, 1.165) is 47.0 Å². The fraction of sp³-hybridized carbons (Fsp3) is 0.308. The van der Waals surface area contributed by atoms with E-state index in [2.05, 4.69) is 168 Å². The first-order chi connectivity index (χ1) is 26.9. The van der Waals surface area contributed by atoms with Crippen LogP contribution in [-0.2, 0) is 22.7 Å². The maximum Gasteiger partial charge on any atom is 0.198 e. The zero-order chi connectivity index (χ0) is 38.6. The molecule has 3 aliphatic rings. The van der Waals surface area contributed by atoms with E-state index >= 15 is 0 Å². The van der Waals surface area contributed by atoms with Crippen molar-refractivity contribution in [1.82, 2.24) is 0 Å². The van der Waals surface area contributed by atoms with Crippen molar-refractivity contribution < 1.29 is 4.42 Å². The standard InChI is InChI=1S/C52H53BN2O/c1-8-9-10-16-32-27-37(48-45(28-32)55-44-21-13-12-18-39(44)52(6,7)40-19-15-20-42(53-48)49(40)55)35-31-47-36(34-17-11-14-22-46(34)56-47)30-43(35)54-33-23-24-38-41(29-33)51(4,5)26-25-50(38,2)3/h11-15,17-24,27-31,53-54H,8-10,16,25-26H2,1-7H3. The molecule has 0 amide bonds. The molecule has 2 aliphatic heterocycles. The van der Waals surface area contributed by atoms with E-state index in [1.165, 1.54) is 99.0 Å². The Labute approximate surface area is 333 Å². The van der Waals surface area contributed by atoms with Crippen molar-refractivity contribution in [2.24, 2.45) is 0 Å². The Morgan fingerprint density at radius 3 is 2.25 bits per heavy atom. The average Bonchev–Trinajstić information content (AvgIpc) is 3.55. The van der Waals surface area contributed by atoms with Gasteiger partial charge in [-0.25, -0.2) is 0 Å². The topological polar surface area (TPSA) is 28.4 Å². The van der Waals surface area contributed by atoms with E-state index < -0.39 is 0 Å². The first kappa shape index (κ1) is 35.2. The van der Waals surface area contributed by atoms with Crippen LogP contribution < -0.4 is 21.1 Å². The van der Waals surface area contributed by atoms with Gasteiger partial charge in [0.15, 0.2) is 7.28 Å². The van der Waals surface area contributed by atoms with Crippen LogP contribution in [0.2, 0.25) is 0 Å². The van der Waals surface area contributed by atoms with E-state index in [0.29, 0.717) is 0 Å². The number of rotatable bonds is 7. The molecule has 56 heavy (non-hydrogen) atoms. The molecule has 0 saturated heterocycles. The van der Waals surface area contributed by atoms with E-state index in [1.54, 1.807) is 0 Å². The molecule has 0 unspecified atom stereocenters. The second-order valence-electron chi connectivity index (χ2n) is 18.7. The monoisotopic (exact) mass is 732 g/mol. The fourth-order valence-electron chi connectivity index (χ4n) is 10.4. The number of fused-ring (bicyclic) bond motifs is 8. The summed E-state index contributed by atoms with van der Waals surface area (Å²) >= 11 is 0. The lowest BCUT2D eigenvalue weighted by molar-refractivity contribution is 0.332. The van der Waals surface area contributed by atoms with Crippen LogP contribution in [0.5, 0.6) is 0 Å². The van der Waals surface area contributed by atoms with Crippen LogP contribution in [0.3, 0.4) is 0 Å². The van der Waals surface area contributed by atoms with Gasteiger partial charge in [-0.3, -0.25) is 0 Å². The van der Waals surface area contributed by atoms with Crippen LogP contribution in [0.25, 0.3) is 33.1 Å². The van der Waals surface area contributed by atoms with Gasteiger partial charge < -0.3 is 14.6 Å². The molecule has 0 saturated carbocycles. The van der Waals surface area contributed by atoms with E-state index in [1.807, 2.05) is 0 Å². The molecule has 1 aliphatic carbocycles. The largest absolute Gasteiger partial charge is 0.456 e. The Bertz CT molecular complexity index is 2710. The Balaban J connectivity index is 1.22. The highest BCUT2D eigenvalue weighted by Crippen LogP contribution is 2.53. The second-order valence-corrected chi connectivity index (χ2v) is 18.7. The van der Waals surface area contributed by atoms with Crippen LogP contribution >= 0.6 is 0 Å². The number of hydrogen-bond donors (Lipinski definition) is 1. The van der Waals surface area contributed by atoms with Crippen LogP contribution in [0, 0.1) is 0 Å². The third kappa shape index (κ3) is 5.39. The predicted octanol–water partition coefficient (Wildman–Crippen LogP) is 12.9. The summed E-state index contributed by atoms with van der Waals surface area (Å²) in [5.41, 5.74) is 20.6. The molecular formula is C52H53BN2O. The number of benzene rings is 6. The zero-order valence-electron chi connectivity index (χ0n) is 34.2. The second kappa shape index (κ2) is 12.6. The molecule has 4 heteroatoms. The molecule has 1 aromatic heterocycles. The molecule has 280 valence electrons. The van der Waals surface area contributed by atoms with Crippen LogP contribution in [0.1, 0.15) is 108 Å². The number of hydrogen-bond acceptors (Lipinski definition) is 3. The minimum absolute atomic E-state index is 0.0976. The van der Waals surface area contributed by atoms with E-state index in [4.69, 9.17) is 4.42 Å². The third-order valence-electron chi connectivity index (χ3n) is 13.7. The highest BCUT2D eigenvalue weighted by molar-refractivity contribution is 6.73. The minimum Gasteiger partial charge on any atom is -0.456 e. The van der Waals surface area contributed by atoms with Crippen molar-refractivity contribution in [1.29, 1.82) is 0 Å². The molecule has 0 atom stereocenters. The summed E-state index contributed by atoms with van der Waals surface area (Å²) in [6.45, 7) is 16.7. The van der Waals surface area contributed by atoms with Crippen molar-refractivity contribution in [3.05, 3.63) is 137 Å². The number of anilines is 5. The minimum atomic E-state index is -0.0976. The van der Waals surface area contributed by atoms with Gasteiger partial charge in [-0.15, -0.1) is 0 Å². The van der Waals surface area contributed by atoms with Crippen molar-refractivity contribution in [3.63, 3.8) is 0 Å². The van der Waals surface area contributed by atoms with Crippen molar-refractivity contribution in [2.45, 2.75) is 103 Å². The van der Waals surface area contributed by atoms with Gasteiger partial charge in [0.05, 0.1) is 5.69 Å². The number of unbranched alkanes of at least 4 members (excludes halogenated alkanes) is 2. The van der Waals surface area contributed by atoms with Gasteiger partial charge in [-0.05, 0) is 118 Å². The summed E-state index contributed by atoms with van der Waals surface area (Å²) in [4.78, 5) is 2.61. The van der Waals surface area contributed by atoms with Gasteiger partial charge in [0, 0.05) is 44.5 Å². The SMILES string of the molecule is CCCCCc1cc(-c2cc3oc4ccccc4c3cc2Nc2ccc3c(c2)C(C)(C)CCC3(C)C)c2c(c1)N1c3ccccc3C(C)(C)c3cccc(c31)B2. The van der Waals surface area contributed by atoms with Crippen molar-refractivity contribution >= 4 is 68.6 Å². The predicted molar refractivity (Wildman–Crippen MR) is 241 cm³/mol. The summed E-state index contributed by atoms with van der Waals surface area (Å²) in [5, 5.41) is 6.34. The lowest BCUT2D eigenvalue weighted by Crippen LogP contribution is -2.45. The average molecular weight is 733 g/mol. The number of nitrogens with zero attached hydrogens (tertiary/aromatic N) is 1. The Hall–Kier alpha value is -5.22. The maximum atomic E-state index is 6.65. The highest BCUT2D eigenvalue weighted by Gasteiger charge is 2.41. The Morgan fingerprint density at radius 2 is 1.41 bits per heavy atom. The Morgan fingerprint density at radius 1 is 0.643 bits per heavy atom. The summed E-state index contributed by atoms with van der Waals surface area (Å²) in [7, 11) is 0.873. The van der Waals surface area contributed by atoms with Crippen LogP contribution in [0.15, 0.2) is 114 Å². The lowest BCUT2D eigenvalue weighted by atomic mass is 9.55. The molecular weight excluding hydrogens is 679 g/mol. The molecule has 10 rings (SSSR count). The van der Waals surface area contributed by atoms with Gasteiger partial charge >= 0.3 is 0 Å². The van der Waals surface area contributed by atoms with Crippen LogP contribution in [0.4, 0.5) is 28.4 Å². The summed E-state index contributed by atoms with van der Waals surface area (Å²) in [6, 6.07) is 41.4. The van der Waals surface area contributed by atoms with Crippen LogP contribution in [-0.4, -0.2) is 7.28 Å². The van der Waals surface area contributed by atoms with E-state index in [9.17, 15) is 0 Å². The first-order valence-electron chi connectivity index (χ1n) is 21.0. The highest BCUT2D eigenvalue weighted by atomic mass is 16.3. The normalized spacial score (nSPS) is 16.8. The van der Waals surface area contributed by atoms with Gasteiger partial charge in [0.2, 0.25) is 0 Å². The Kier molecular flexibility index (Phi) is 7.95. The molecule has 0 bridgehead atoms. The summed E-state index contributed by atoms with van der Waals surface area (Å²) < 4.78 is 6.65. The maximum absolute atomic E-state index is 6.65. The number of nitrogens with one attached hydrogen (secondary N) is 1. The number of aryl methyl sites for hydroxylation is 1. The molecule has 0 radical (unpaired) electrons. The van der Waals surface area contributed by atoms with Crippen molar-refractivity contribution in [2.75, 3.05) is 10.2 Å². The smallest absolute Gasteiger partial charge is 0.198 e. The van der Waals surface area contributed by atoms with E-state index in [-0.39, 0.29) is 16.2 Å². The van der Waals surface area contributed by atoms with Gasteiger partial charge in [-0.1, -0.05) is 134 Å². The van der Waals surface area contributed by atoms with Gasteiger partial charge in [-0.2, -0.15) is 0 Å². The third-order valence-corrected chi connectivity index (χ3v) is 13.7. The molecule has 0 fully saturated rings. The fourth-order valence-corrected chi connectivity index (χ4v) is 10.4. The molecule has 6 aromatic carbocycles. The van der Waals surface area contributed by atoms with Gasteiger partial charge in [0.25, 0.3) is 0 Å².